The summed E-state index contributed by atoms with van der Waals surface area (Å²) in [6.07, 6.45) is 2.67. The third-order valence-electron chi connectivity index (χ3n) is 4.58. The fourth-order valence-electron chi connectivity index (χ4n) is 3.29. The number of rotatable bonds is 6. The van der Waals surface area contributed by atoms with Gasteiger partial charge in [0.15, 0.2) is 5.16 Å². The van der Waals surface area contributed by atoms with Crippen molar-refractivity contribution >= 4 is 28.4 Å². The van der Waals surface area contributed by atoms with E-state index in [-0.39, 0.29) is 10.8 Å². The Balaban J connectivity index is 1.92. The molecule has 0 radical (unpaired) electrons. The van der Waals surface area contributed by atoms with Gasteiger partial charge in [-0.2, -0.15) is 0 Å². The predicted molar refractivity (Wildman–Crippen MR) is 110 cm³/mol. The first kappa shape index (κ1) is 17.5. The Morgan fingerprint density at radius 2 is 1.85 bits per heavy atom. The summed E-state index contributed by atoms with van der Waals surface area (Å²) in [5.74, 6) is 0.545. The number of benzene rings is 2. The highest BCUT2D eigenvalue weighted by molar-refractivity contribution is 7.99. The van der Waals surface area contributed by atoms with E-state index in [9.17, 15) is 4.79 Å². The largest absolute Gasteiger partial charge is 0.272 e. The second kappa shape index (κ2) is 7.40. The monoisotopic (exact) mass is 376 g/mol. The number of nitrogens with zero attached hydrogens (tertiary/aromatic N) is 4. The van der Waals surface area contributed by atoms with Gasteiger partial charge in [0.1, 0.15) is 0 Å². The molecule has 0 aliphatic heterocycles. The molecule has 4 rings (SSSR count). The smallest absolute Gasteiger partial charge is 0.263 e. The van der Waals surface area contributed by atoms with Crippen molar-refractivity contribution < 1.29 is 0 Å². The highest BCUT2D eigenvalue weighted by atomic mass is 32.2. The van der Waals surface area contributed by atoms with E-state index in [4.69, 9.17) is 0 Å². The van der Waals surface area contributed by atoms with Crippen LogP contribution in [0.1, 0.15) is 24.2 Å². The van der Waals surface area contributed by atoms with Gasteiger partial charge in [0.05, 0.1) is 10.9 Å². The van der Waals surface area contributed by atoms with Crippen LogP contribution in [-0.2, 0) is 6.54 Å². The van der Waals surface area contributed by atoms with Crippen LogP contribution < -0.4 is 5.56 Å². The van der Waals surface area contributed by atoms with E-state index in [0.29, 0.717) is 17.7 Å². The molecule has 136 valence electrons. The molecule has 0 amide bonds. The molecule has 5 nitrogen and oxygen atoms in total. The van der Waals surface area contributed by atoms with Gasteiger partial charge in [0.25, 0.3) is 5.56 Å². The number of allylic oxidation sites excluding steroid dienone is 1. The van der Waals surface area contributed by atoms with Crippen LogP contribution >= 0.6 is 11.8 Å². The number of thioether (sulfide) groups is 1. The van der Waals surface area contributed by atoms with Crippen LogP contribution in [-0.4, -0.2) is 19.2 Å². The van der Waals surface area contributed by atoms with E-state index in [1.807, 2.05) is 34.7 Å². The van der Waals surface area contributed by atoms with Crippen LogP contribution in [0.3, 0.4) is 0 Å². The molecule has 6 heteroatoms. The summed E-state index contributed by atoms with van der Waals surface area (Å²) in [7, 11) is 0. The molecule has 0 fully saturated rings. The van der Waals surface area contributed by atoms with Crippen molar-refractivity contribution in [1.82, 2.24) is 19.2 Å². The highest BCUT2D eigenvalue weighted by Gasteiger charge is 2.19. The Morgan fingerprint density at radius 3 is 2.59 bits per heavy atom. The van der Waals surface area contributed by atoms with E-state index in [2.05, 4.69) is 48.0 Å². The lowest BCUT2D eigenvalue weighted by Crippen LogP contribution is -2.22. The van der Waals surface area contributed by atoms with Gasteiger partial charge in [-0.05, 0) is 24.1 Å². The van der Waals surface area contributed by atoms with E-state index in [0.717, 1.165) is 17.1 Å². The number of hydrogen-bond donors (Lipinski definition) is 0. The minimum Gasteiger partial charge on any atom is -0.272 e. The van der Waals surface area contributed by atoms with Crippen molar-refractivity contribution in [3.05, 3.63) is 83.2 Å². The maximum atomic E-state index is 12.9. The van der Waals surface area contributed by atoms with Gasteiger partial charge in [-0.3, -0.25) is 13.8 Å². The van der Waals surface area contributed by atoms with Crippen LogP contribution in [0.15, 0.2) is 77.2 Å². The van der Waals surface area contributed by atoms with Gasteiger partial charge >= 0.3 is 0 Å². The summed E-state index contributed by atoms with van der Waals surface area (Å²) in [6, 6.07) is 18.0. The quantitative estimate of drug-likeness (QED) is 0.368. The first-order valence-corrected chi connectivity index (χ1v) is 9.81. The van der Waals surface area contributed by atoms with Crippen molar-refractivity contribution in [2.24, 2.45) is 0 Å². The van der Waals surface area contributed by atoms with Gasteiger partial charge in [0, 0.05) is 11.8 Å². The zero-order valence-corrected chi connectivity index (χ0v) is 15.9. The van der Waals surface area contributed by atoms with Crippen LogP contribution in [0.5, 0.6) is 0 Å². The minimum absolute atomic E-state index is 0.0722. The van der Waals surface area contributed by atoms with Crippen LogP contribution in [0.4, 0.5) is 0 Å². The molecular formula is C21H20N4OS. The lowest BCUT2D eigenvalue weighted by atomic mass is 10.1. The molecule has 0 bridgehead atoms. The number of para-hydroxylation sites is 1. The Morgan fingerprint density at radius 1 is 1.11 bits per heavy atom. The third-order valence-corrected chi connectivity index (χ3v) is 5.94. The number of aromatic nitrogens is 4. The third kappa shape index (κ3) is 3.06. The average molecular weight is 376 g/mol. The van der Waals surface area contributed by atoms with Crippen LogP contribution in [0.25, 0.3) is 16.7 Å². The molecule has 27 heavy (non-hydrogen) atoms. The normalized spacial score (nSPS) is 12.5. The summed E-state index contributed by atoms with van der Waals surface area (Å²) >= 11 is 1.67. The maximum Gasteiger partial charge on any atom is 0.263 e. The molecule has 1 unspecified atom stereocenters. The maximum absolute atomic E-state index is 12.9. The number of fused-ring (bicyclic) bond motifs is 3. The van der Waals surface area contributed by atoms with Crippen molar-refractivity contribution in [2.45, 2.75) is 30.3 Å². The average Bonchev–Trinajstić information content (AvgIpc) is 3.13. The topological polar surface area (TPSA) is 52.2 Å². The lowest BCUT2D eigenvalue weighted by Gasteiger charge is -2.15. The minimum atomic E-state index is -0.0722. The highest BCUT2D eigenvalue weighted by Crippen LogP contribution is 2.37. The van der Waals surface area contributed by atoms with Gasteiger partial charge in [-0.1, -0.05) is 67.2 Å². The molecule has 2 aromatic carbocycles. The first-order chi connectivity index (χ1) is 13.2. The fraction of sp³-hybridized carbons (Fsp3) is 0.190. The van der Waals surface area contributed by atoms with Gasteiger partial charge < -0.3 is 0 Å². The van der Waals surface area contributed by atoms with Crippen molar-refractivity contribution in [3.8, 4) is 0 Å². The summed E-state index contributed by atoms with van der Waals surface area (Å²) in [5, 5.41) is 10.5. The van der Waals surface area contributed by atoms with E-state index in [1.165, 1.54) is 5.56 Å². The predicted octanol–water partition coefficient (Wildman–Crippen LogP) is 4.47. The molecule has 0 aliphatic rings. The summed E-state index contributed by atoms with van der Waals surface area (Å²) in [4.78, 5) is 12.9. The molecule has 1 atom stereocenters. The molecule has 2 aromatic heterocycles. The van der Waals surface area contributed by atoms with Gasteiger partial charge in [-0.15, -0.1) is 16.8 Å². The Hall–Kier alpha value is -2.86. The summed E-state index contributed by atoms with van der Waals surface area (Å²) in [6.45, 7) is 6.33. The fourth-order valence-corrected chi connectivity index (χ4v) is 4.37. The van der Waals surface area contributed by atoms with E-state index in [1.54, 1.807) is 22.4 Å². The lowest BCUT2D eigenvalue weighted by molar-refractivity contribution is 0.783. The Bertz CT molecular complexity index is 1160. The molecule has 4 aromatic rings. The van der Waals surface area contributed by atoms with Crippen molar-refractivity contribution in [1.29, 1.82) is 0 Å². The summed E-state index contributed by atoms with van der Waals surface area (Å²) in [5.41, 5.74) is 2.01. The zero-order valence-electron chi connectivity index (χ0n) is 15.1. The zero-order chi connectivity index (χ0) is 18.8. The van der Waals surface area contributed by atoms with E-state index >= 15 is 0 Å². The molecule has 0 aliphatic carbocycles. The molecule has 2 heterocycles. The molecule has 0 saturated carbocycles. The van der Waals surface area contributed by atoms with Crippen LogP contribution in [0, 0.1) is 0 Å². The SMILES string of the molecule is C=CCn1c(=O)c2ccccc2n2c(SC(CC)c3ccccc3)nnc12. The number of hydrogen-bond acceptors (Lipinski definition) is 4. The Labute approximate surface area is 161 Å². The second-order valence-electron chi connectivity index (χ2n) is 6.26. The second-order valence-corrected chi connectivity index (χ2v) is 7.43. The molecular weight excluding hydrogens is 356 g/mol. The molecule has 0 spiro atoms. The van der Waals surface area contributed by atoms with Gasteiger partial charge in [-0.25, -0.2) is 0 Å². The summed E-state index contributed by atoms with van der Waals surface area (Å²) < 4.78 is 3.60. The molecule has 0 N–H and O–H groups in total. The van der Waals surface area contributed by atoms with Crippen molar-refractivity contribution in [3.63, 3.8) is 0 Å². The standard InChI is InChI=1S/C21H20N4OS/c1-3-14-24-19(26)16-12-8-9-13-17(16)25-20(24)22-23-21(25)27-18(4-2)15-10-6-5-7-11-15/h3,5-13,18H,1,4,14H2,2H3. The first-order valence-electron chi connectivity index (χ1n) is 8.93. The Kier molecular flexibility index (Phi) is 4.81. The van der Waals surface area contributed by atoms with Gasteiger partial charge in [0.2, 0.25) is 5.78 Å². The van der Waals surface area contributed by atoms with Crippen molar-refractivity contribution in [2.75, 3.05) is 0 Å². The van der Waals surface area contributed by atoms with E-state index < -0.39 is 0 Å². The van der Waals surface area contributed by atoms with Crippen LogP contribution in [0.2, 0.25) is 0 Å². The molecule has 0 saturated heterocycles.